The molecule has 0 saturated carbocycles. The summed E-state index contributed by atoms with van der Waals surface area (Å²) in [6.07, 6.45) is 7.71. The van der Waals surface area contributed by atoms with Crippen LogP contribution in [0.15, 0.2) is 146 Å². The van der Waals surface area contributed by atoms with E-state index in [1.54, 1.807) is 0 Å². The lowest BCUT2D eigenvalue weighted by Gasteiger charge is -2.30. The molecule has 0 N–H and O–H groups in total. The lowest BCUT2D eigenvalue weighted by Crippen LogP contribution is -2.29. The van der Waals surface area contributed by atoms with Crippen LogP contribution in [-0.2, 0) is 0 Å². The molecule has 2 heteroatoms. The summed E-state index contributed by atoms with van der Waals surface area (Å²) in [5.74, 6) is 0. The molecule has 0 amide bonds. The van der Waals surface area contributed by atoms with Gasteiger partial charge in [-0.15, -0.1) is 0 Å². The number of piperidine rings is 2. The minimum Gasteiger partial charge on any atom is -0.372 e. The van der Waals surface area contributed by atoms with Gasteiger partial charge in [-0.25, -0.2) is 0 Å². The van der Waals surface area contributed by atoms with Gasteiger partial charge in [-0.05, 0) is 157 Å². The summed E-state index contributed by atoms with van der Waals surface area (Å²) in [4.78, 5) is 5.22. The monoisotopic (exact) mass is 672 g/mol. The minimum atomic E-state index is 1.13. The van der Waals surface area contributed by atoms with Gasteiger partial charge < -0.3 is 9.80 Å². The van der Waals surface area contributed by atoms with Gasteiger partial charge in [0, 0.05) is 37.6 Å². The highest BCUT2D eigenvalue weighted by atomic mass is 15.1. The Morgan fingerprint density at radius 1 is 0.288 bits per heavy atom. The van der Waals surface area contributed by atoms with Crippen LogP contribution in [0.4, 0.5) is 11.4 Å². The average molecular weight is 673 g/mol. The molecule has 2 saturated heterocycles. The molecule has 2 heterocycles. The number of nitrogens with zero attached hydrogens (tertiary/aromatic N) is 2. The van der Waals surface area contributed by atoms with Crippen molar-refractivity contribution in [2.45, 2.75) is 38.5 Å². The largest absolute Gasteiger partial charge is 0.372 e. The number of rotatable bonds is 5. The molecular formula is C50H44N2. The van der Waals surface area contributed by atoms with Gasteiger partial charge in [0.25, 0.3) is 0 Å². The van der Waals surface area contributed by atoms with Crippen molar-refractivity contribution in [1.29, 1.82) is 0 Å². The molecule has 0 aliphatic carbocycles. The van der Waals surface area contributed by atoms with Crippen LogP contribution >= 0.6 is 0 Å². The average Bonchev–Trinajstić information content (AvgIpc) is 3.23. The summed E-state index contributed by atoms with van der Waals surface area (Å²) in [5, 5.41) is 10.4. The maximum absolute atomic E-state index is 2.61. The van der Waals surface area contributed by atoms with E-state index in [9.17, 15) is 0 Å². The van der Waals surface area contributed by atoms with Crippen LogP contribution < -0.4 is 9.80 Å². The van der Waals surface area contributed by atoms with Gasteiger partial charge in [0.05, 0.1) is 0 Å². The standard InChI is InChI=1S/C50H44N2/c1-4-12-35(13-5-1)38-17-18-40-32-42(21-19-39(40)30-38)50-46-25-23-43(51-26-8-2-9-27-51)33-47(46)49(41-20-16-36-14-6-7-15-37(36)31-41)45-24-22-44(34-48(45)50)52-28-10-3-11-29-52/h1,4-7,12-25,30-34H,2-3,8-11,26-29H2. The molecule has 0 spiro atoms. The summed E-state index contributed by atoms with van der Waals surface area (Å²) >= 11 is 0. The molecule has 2 nitrogen and oxygen atoms in total. The first-order chi connectivity index (χ1) is 25.8. The van der Waals surface area contributed by atoms with Crippen LogP contribution in [0.25, 0.3) is 76.5 Å². The van der Waals surface area contributed by atoms with Gasteiger partial charge >= 0.3 is 0 Å². The predicted molar refractivity (Wildman–Crippen MR) is 225 cm³/mol. The summed E-state index contributed by atoms with van der Waals surface area (Å²) < 4.78 is 0. The van der Waals surface area contributed by atoms with Crippen LogP contribution in [0.5, 0.6) is 0 Å². The van der Waals surface area contributed by atoms with E-state index in [4.69, 9.17) is 0 Å². The van der Waals surface area contributed by atoms with Crippen molar-refractivity contribution in [3.8, 4) is 33.4 Å². The molecule has 0 atom stereocenters. The van der Waals surface area contributed by atoms with Crippen molar-refractivity contribution in [2.24, 2.45) is 0 Å². The van der Waals surface area contributed by atoms with Gasteiger partial charge in [0.2, 0.25) is 0 Å². The maximum Gasteiger partial charge on any atom is 0.0372 e. The highest BCUT2D eigenvalue weighted by Gasteiger charge is 2.21. The van der Waals surface area contributed by atoms with Crippen molar-refractivity contribution >= 4 is 54.5 Å². The SMILES string of the molecule is c1ccc(-c2ccc3cc(-c4c5ccc(N6CCCCC6)cc5c(-c5ccc6ccccc6c5)c5ccc(N6CCCCC6)cc45)ccc3c2)cc1. The molecule has 2 fully saturated rings. The van der Waals surface area contributed by atoms with Crippen LogP contribution in [0.1, 0.15) is 38.5 Å². The van der Waals surface area contributed by atoms with Crippen molar-refractivity contribution < 1.29 is 0 Å². The Morgan fingerprint density at radius 3 is 1.29 bits per heavy atom. The number of hydrogen-bond acceptors (Lipinski definition) is 2. The number of benzene rings is 8. The van der Waals surface area contributed by atoms with Crippen LogP contribution in [0.3, 0.4) is 0 Å². The third-order valence-electron chi connectivity index (χ3n) is 11.8. The lowest BCUT2D eigenvalue weighted by molar-refractivity contribution is 0.578. The second-order valence-corrected chi connectivity index (χ2v) is 15.0. The Hall–Kier alpha value is -5.60. The fourth-order valence-electron chi connectivity index (χ4n) is 9.08. The molecule has 0 unspecified atom stereocenters. The third kappa shape index (κ3) is 5.58. The topological polar surface area (TPSA) is 6.48 Å². The Balaban J connectivity index is 1.25. The normalized spacial score (nSPS) is 15.2. The zero-order chi connectivity index (χ0) is 34.4. The maximum atomic E-state index is 2.61. The van der Waals surface area contributed by atoms with Gasteiger partial charge in [-0.1, -0.05) is 103 Å². The second kappa shape index (κ2) is 13.2. The van der Waals surface area contributed by atoms with Crippen LogP contribution in [-0.4, -0.2) is 26.2 Å². The zero-order valence-corrected chi connectivity index (χ0v) is 29.8. The molecule has 0 radical (unpaired) electrons. The molecule has 52 heavy (non-hydrogen) atoms. The first kappa shape index (κ1) is 31.2. The van der Waals surface area contributed by atoms with E-state index in [1.807, 2.05) is 0 Å². The minimum absolute atomic E-state index is 1.13. The molecule has 8 aromatic carbocycles. The molecule has 0 bridgehead atoms. The summed E-state index contributed by atoms with van der Waals surface area (Å²) in [6.45, 7) is 4.52. The first-order valence-electron chi connectivity index (χ1n) is 19.4. The third-order valence-corrected chi connectivity index (χ3v) is 11.8. The second-order valence-electron chi connectivity index (χ2n) is 15.0. The van der Waals surface area contributed by atoms with Gasteiger partial charge in [0.15, 0.2) is 0 Å². The van der Waals surface area contributed by atoms with Crippen LogP contribution in [0, 0.1) is 0 Å². The first-order valence-corrected chi connectivity index (χ1v) is 19.4. The van der Waals surface area contributed by atoms with E-state index in [0.29, 0.717) is 0 Å². The molecule has 2 aliphatic rings. The molecule has 254 valence electrons. The molecular weight excluding hydrogens is 629 g/mol. The Kier molecular flexibility index (Phi) is 7.90. The molecule has 10 rings (SSSR count). The number of fused-ring (bicyclic) bond motifs is 4. The van der Waals surface area contributed by atoms with Gasteiger partial charge in [-0.3, -0.25) is 0 Å². The van der Waals surface area contributed by atoms with Gasteiger partial charge in [-0.2, -0.15) is 0 Å². The van der Waals surface area contributed by atoms with Crippen molar-refractivity contribution in [2.75, 3.05) is 36.0 Å². The Bertz CT molecular complexity index is 2590. The summed E-state index contributed by atoms with van der Waals surface area (Å²) in [5.41, 5.74) is 10.4. The lowest BCUT2D eigenvalue weighted by atomic mass is 9.84. The highest BCUT2D eigenvalue weighted by Crippen LogP contribution is 2.47. The predicted octanol–water partition coefficient (Wildman–Crippen LogP) is 13.3. The molecule has 2 aliphatic heterocycles. The van der Waals surface area contributed by atoms with Gasteiger partial charge in [0.1, 0.15) is 0 Å². The summed E-state index contributed by atoms with van der Waals surface area (Å²) in [7, 11) is 0. The zero-order valence-electron chi connectivity index (χ0n) is 29.8. The highest BCUT2D eigenvalue weighted by molar-refractivity contribution is 6.23. The Morgan fingerprint density at radius 2 is 0.731 bits per heavy atom. The number of hydrogen-bond donors (Lipinski definition) is 0. The van der Waals surface area contributed by atoms with Crippen molar-refractivity contribution in [1.82, 2.24) is 0 Å². The van der Waals surface area contributed by atoms with E-state index < -0.39 is 0 Å². The van der Waals surface area contributed by atoms with E-state index in [0.717, 1.165) is 26.2 Å². The Labute approximate surface area is 306 Å². The van der Waals surface area contributed by atoms with Crippen molar-refractivity contribution in [3.63, 3.8) is 0 Å². The molecule has 8 aromatic rings. The van der Waals surface area contributed by atoms with E-state index >= 15 is 0 Å². The fourth-order valence-corrected chi connectivity index (χ4v) is 9.08. The van der Waals surface area contributed by atoms with Crippen LogP contribution in [0.2, 0.25) is 0 Å². The fraction of sp³-hybridized carbons (Fsp3) is 0.200. The quantitative estimate of drug-likeness (QED) is 0.168. The smallest absolute Gasteiger partial charge is 0.0372 e. The summed E-state index contributed by atoms with van der Waals surface area (Å²) in [6, 6.07) is 55.3. The van der Waals surface area contributed by atoms with E-state index in [1.165, 1.54) is 126 Å². The van der Waals surface area contributed by atoms with E-state index in [2.05, 4.69) is 155 Å². The molecule has 0 aromatic heterocycles. The van der Waals surface area contributed by atoms with E-state index in [-0.39, 0.29) is 0 Å². The number of anilines is 2. The van der Waals surface area contributed by atoms with Crippen molar-refractivity contribution in [3.05, 3.63) is 146 Å².